The molecule has 0 fully saturated rings. The molecule has 74 valence electrons. The van der Waals surface area contributed by atoms with Crippen LogP contribution in [0.3, 0.4) is 0 Å². The molecule has 1 aromatic carbocycles. The summed E-state index contributed by atoms with van der Waals surface area (Å²) in [4.78, 5) is 3.51. The van der Waals surface area contributed by atoms with E-state index in [1.54, 1.807) is 6.92 Å². The van der Waals surface area contributed by atoms with Crippen LogP contribution in [0.5, 0.6) is 0 Å². The molecular formula is C9H6F3NS. The topological polar surface area (TPSA) is 12.4 Å². The Balaban J connectivity index is 3.27. The van der Waals surface area contributed by atoms with E-state index >= 15 is 0 Å². The van der Waals surface area contributed by atoms with Gasteiger partial charge in [-0.25, -0.2) is 0 Å². The Morgan fingerprint density at radius 1 is 1.29 bits per heavy atom. The van der Waals surface area contributed by atoms with Crippen molar-refractivity contribution in [2.24, 2.45) is 4.99 Å². The van der Waals surface area contributed by atoms with Crippen molar-refractivity contribution in [3.8, 4) is 0 Å². The monoisotopic (exact) mass is 217 g/mol. The number of isothiocyanates is 1. The smallest absolute Gasteiger partial charge is 0.195 e. The van der Waals surface area contributed by atoms with Crippen LogP contribution < -0.4 is 0 Å². The lowest BCUT2D eigenvalue weighted by Gasteiger charge is -2.07. The molecule has 0 heterocycles. The van der Waals surface area contributed by atoms with Gasteiger partial charge in [0.25, 0.3) is 0 Å². The van der Waals surface area contributed by atoms with E-state index in [0.29, 0.717) is 5.56 Å². The Kier molecular flexibility index (Phi) is 3.03. The van der Waals surface area contributed by atoms with E-state index in [1.807, 2.05) is 5.16 Å². The second kappa shape index (κ2) is 3.90. The molecule has 0 amide bonds. The maximum atomic E-state index is 12.3. The molecule has 0 radical (unpaired) electrons. The number of hydrogen-bond donors (Lipinski definition) is 0. The molecule has 0 spiro atoms. The van der Waals surface area contributed by atoms with Crippen LogP contribution in [0, 0.1) is 6.92 Å². The molecule has 0 saturated heterocycles. The highest BCUT2D eigenvalue weighted by Crippen LogP contribution is 2.32. The number of aryl methyl sites for hydroxylation is 1. The van der Waals surface area contributed by atoms with Crippen LogP contribution in [0.1, 0.15) is 11.1 Å². The fourth-order valence-corrected chi connectivity index (χ4v) is 1.15. The first-order chi connectivity index (χ1) is 6.43. The molecule has 1 nitrogen and oxygen atoms in total. The zero-order valence-corrected chi connectivity index (χ0v) is 8.04. The fraction of sp³-hybridized carbons (Fsp3) is 0.222. The van der Waals surface area contributed by atoms with E-state index in [1.165, 1.54) is 6.07 Å². The number of aliphatic imine (C=N–C) groups is 1. The second-order valence-electron chi connectivity index (χ2n) is 2.76. The summed E-state index contributed by atoms with van der Waals surface area (Å²) in [5.41, 5.74) is -0.0577. The lowest BCUT2D eigenvalue weighted by molar-refractivity contribution is -0.137. The number of nitrogens with zero attached hydrogens (tertiary/aromatic N) is 1. The molecule has 0 aliphatic rings. The predicted molar refractivity (Wildman–Crippen MR) is 50.9 cm³/mol. The van der Waals surface area contributed by atoms with Crippen LogP contribution in [-0.2, 0) is 6.18 Å². The quantitative estimate of drug-likeness (QED) is 0.515. The summed E-state index contributed by atoms with van der Waals surface area (Å²) < 4.78 is 36.9. The van der Waals surface area contributed by atoms with E-state index in [-0.39, 0.29) is 5.69 Å². The Morgan fingerprint density at radius 3 is 2.43 bits per heavy atom. The molecule has 0 aliphatic carbocycles. The predicted octanol–water partition coefficient (Wildman–Crippen LogP) is 3.75. The van der Waals surface area contributed by atoms with Crippen molar-refractivity contribution in [1.82, 2.24) is 0 Å². The summed E-state index contributed by atoms with van der Waals surface area (Å²) in [5.74, 6) is 0. The van der Waals surface area contributed by atoms with Gasteiger partial charge < -0.3 is 0 Å². The van der Waals surface area contributed by atoms with Crippen molar-refractivity contribution < 1.29 is 13.2 Å². The number of hydrogen-bond acceptors (Lipinski definition) is 2. The maximum absolute atomic E-state index is 12.3. The highest BCUT2D eigenvalue weighted by atomic mass is 32.1. The minimum atomic E-state index is -4.35. The van der Waals surface area contributed by atoms with Crippen LogP contribution in [0.25, 0.3) is 0 Å². The van der Waals surface area contributed by atoms with Crippen LogP contribution in [0.2, 0.25) is 0 Å². The Labute approximate surface area is 84.3 Å². The van der Waals surface area contributed by atoms with Gasteiger partial charge in [0, 0.05) is 0 Å². The minimum Gasteiger partial charge on any atom is -0.195 e. The van der Waals surface area contributed by atoms with Crippen molar-refractivity contribution in [2.45, 2.75) is 13.1 Å². The van der Waals surface area contributed by atoms with Gasteiger partial charge in [0.05, 0.1) is 16.4 Å². The van der Waals surface area contributed by atoms with Crippen molar-refractivity contribution in [3.63, 3.8) is 0 Å². The van der Waals surface area contributed by atoms with Crippen LogP contribution >= 0.6 is 12.2 Å². The highest BCUT2D eigenvalue weighted by Gasteiger charge is 2.30. The maximum Gasteiger partial charge on any atom is 0.416 e. The molecule has 0 N–H and O–H groups in total. The number of benzene rings is 1. The lowest BCUT2D eigenvalue weighted by atomic mass is 10.1. The summed E-state index contributed by atoms with van der Waals surface area (Å²) in [6.45, 7) is 1.57. The molecule has 1 aromatic rings. The molecule has 0 bridgehead atoms. The van der Waals surface area contributed by atoms with Crippen LogP contribution in [-0.4, -0.2) is 5.16 Å². The summed E-state index contributed by atoms with van der Waals surface area (Å²) >= 11 is 4.32. The first-order valence-corrected chi connectivity index (χ1v) is 4.11. The van der Waals surface area contributed by atoms with Gasteiger partial charge in [-0.15, -0.1) is 0 Å². The third-order valence-electron chi connectivity index (χ3n) is 1.56. The first kappa shape index (κ1) is 10.9. The summed E-state index contributed by atoms with van der Waals surface area (Å²) in [5, 5.41) is 2.03. The summed E-state index contributed by atoms with van der Waals surface area (Å²) in [6.07, 6.45) is -4.35. The average molecular weight is 217 g/mol. The van der Waals surface area contributed by atoms with Gasteiger partial charge in [-0.2, -0.15) is 18.2 Å². The van der Waals surface area contributed by atoms with E-state index in [2.05, 4.69) is 17.2 Å². The molecule has 14 heavy (non-hydrogen) atoms. The Morgan fingerprint density at radius 2 is 1.93 bits per heavy atom. The number of rotatable bonds is 1. The van der Waals surface area contributed by atoms with Crippen LogP contribution in [0.15, 0.2) is 23.2 Å². The molecule has 0 aromatic heterocycles. The standard InChI is InChI=1S/C9H6F3NS/c1-6-2-7(9(10,11)12)4-8(3-6)13-5-14/h2-4H,1H3. The van der Waals surface area contributed by atoms with Gasteiger partial charge in [0.15, 0.2) is 0 Å². The molecule has 0 atom stereocenters. The van der Waals surface area contributed by atoms with Crippen molar-refractivity contribution in [3.05, 3.63) is 29.3 Å². The van der Waals surface area contributed by atoms with Gasteiger partial charge in [-0.3, -0.25) is 0 Å². The zero-order chi connectivity index (χ0) is 10.8. The SMILES string of the molecule is Cc1cc(N=C=S)cc(C(F)(F)F)c1. The Hall–Kier alpha value is -1.19. The van der Waals surface area contributed by atoms with E-state index in [9.17, 15) is 13.2 Å². The van der Waals surface area contributed by atoms with E-state index in [0.717, 1.165) is 12.1 Å². The molecule has 0 unspecified atom stereocenters. The Bertz CT molecular complexity index is 392. The van der Waals surface area contributed by atoms with Crippen molar-refractivity contribution in [2.75, 3.05) is 0 Å². The fourth-order valence-electron chi connectivity index (χ4n) is 1.04. The minimum absolute atomic E-state index is 0.173. The zero-order valence-electron chi connectivity index (χ0n) is 7.22. The molecular weight excluding hydrogens is 211 g/mol. The number of halogens is 3. The van der Waals surface area contributed by atoms with E-state index < -0.39 is 11.7 Å². The van der Waals surface area contributed by atoms with Gasteiger partial charge in [0.2, 0.25) is 0 Å². The van der Waals surface area contributed by atoms with E-state index in [4.69, 9.17) is 0 Å². The third-order valence-corrected chi connectivity index (χ3v) is 1.66. The van der Waals surface area contributed by atoms with Gasteiger partial charge in [-0.05, 0) is 42.9 Å². The number of alkyl halides is 3. The largest absolute Gasteiger partial charge is 0.416 e. The molecule has 5 heteroatoms. The van der Waals surface area contributed by atoms with Gasteiger partial charge in [-0.1, -0.05) is 0 Å². The second-order valence-corrected chi connectivity index (χ2v) is 2.94. The molecule has 1 rings (SSSR count). The normalized spacial score (nSPS) is 10.9. The summed E-state index contributed by atoms with van der Waals surface area (Å²) in [7, 11) is 0. The third kappa shape index (κ3) is 2.65. The average Bonchev–Trinajstić information content (AvgIpc) is 2.02. The molecule has 0 saturated carbocycles. The van der Waals surface area contributed by atoms with Gasteiger partial charge in [0.1, 0.15) is 0 Å². The highest BCUT2D eigenvalue weighted by molar-refractivity contribution is 7.78. The van der Waals surface area contributed by atoms with Crippen molar-refractivity contribution >= 4 is 23.1 Å². The van der Waals surface area contributed by atoms with Crippen LogP contribution in [0.4, 0.5) is 18.9 Å². The van der Waals surface area contributed by atoms with Gasteiger partial charge >= 0.3 is 6.18 Å². The summed E-state index contributed by atoms with van der Waals surface area (Å²) in [6, 6.07) is 3.50. The van der Waals surface area contributed by atoms with Crippen molar-refractivity contribution in [1.29, 1.82) is 0 Å². The lowest BCUT2D eigenvalue weighted by Crippen LogP contribution is -2.04. The first-order valence-electron chi connectivity index (χ1n) is 3.70. The number of thiocarbonyl (C=S) groups is 1. The molecule has 0 aliphatic heterocycles.